The molecule has 2 atom stereocenters. The predicted molar refractivity (Wildman–Crippen MR) is 95.3 cm³/mol. The van der Waals surface area contributed by atoms with Crippen LogP contribution < -0.4 is 0 Å². The van der Waals surface area contributed by atoms with E-state index in [0.29, 0.717) is 19.2 Å². The van der Waals surface area contributed by atoms with Gasteiger partial charge in [0.2, 0.25) is 0 Å². The topological polar surface area (TPSA) is 41.9 Å². The largest absolute Gasteiger partial charge is 0.389 e. The Morgan fingerprint density at radius 3 is 2.75 bits per heavy atom. The highest BCUT2D eigenvalue weighted by molar-refractivity contribution is 5.32. The molecule has 2 aliphatic rings. The molecule has 24 heavy (non-hydrogen) atoms. The van der Waals surface area contributed by atoms with E-state index in [2.05, 4.69) is 36.9 Å². The van der Waals surface area contributed by atoms with Gasteiger partial charge in [-0.15, -0.1) is 0 Å². The van der Waals surface area contributed by atoms with E-state index in [1.807, 2.05) is 0 Å². The molecule has 134 valence electrons. The molecule has 0 amide bonds. The van der Waals surface area contributed by atoms with E-state index < -0.39 is 6.10 Å². The predicted octanol–water partition coefficient (Wildman–Crippen LogP) is 3.00. The maximum absolute atomic E-state index is 10.4. The van der Waals surface area contributed by atoms with E-state index in [-0.39, 0.29) is 6.10 Å². The van der Waals surface area contributed by atoms with Crippen molar-refractivity contribution in [3.8, 4) is 0 Å². The first kappa shape index (κ1) is 17.9. The van der Waals surface area contributed by atoms with Crippen LogP contribution in [0.2, 0.25) is 0 Å². The number of hydrogen-bond acceptors (Lipinski definition) is 4. The molecule has 0 spiro atoms. The van der Waals surface area contributed by atoms with Crippen molar-refractivity contribution in [1.82, 2.24) is 4.90 Å². The van der Waals surface area contributed by atoms with E-state index in [4.69, 9.17) is 9.47 Å². The number of ether oxygens (including phenoxy) is 2. The molecule has 1 aromatic rings. The molecule has 2 heterocycles. The van der Waals surface area contributed by atoms with Crippen molar-refractivity contribution in [1.29, 1.82) is 0 Å². The third-order valence-corrected chi connectivity index (χ3v) is 5.42. The van der Waals surface area contributed by atoms with Crippen molar-refractivity contribution in [2.75, 3.05) is 32.9 Å². The Hall–Kier alpha value is -0.940. The monoisotopic (exact) mass is 333 g/mol. The maximum Gasteiger partial charge on any atom is 0.0900 e. The second-order valence-electron chi connectivity index (χ2n) is 7.30. The average molecular weight is 333 g/mol. The number of likely N-dealkylation sites (tertiary alicyclic amines) is 1. The molecule has 1 aromatic carbocycles. The molecule has 2 saturated heterocycles. The van der Waals surface area contributed by atoms with Gasteiger partial charge in [-0.05, 0) is 62.8 Å². The molecular weight excluding hydrogens is 302 g/mol. The first-order chi connectivity index (χ1) is 11.6. The van der Waals surface area contributed by atoms with Gasteiger partial charge in [0, 0.05) is 25.8 Å². The Bertz CT molecular complexity index is 528. The van der Waals surface area contributed by atoms with E-state index in [1.54, 1.807) is 0 Å². The summed E-state index contributed by atoms with van der Waals surface area (Å²) in [4.78, 5) is 2.42. The lowest BCUT2D eigenvalue weighted by atomic mass is 9.99. The molecule has 0 radical (unpaired) electrons. The number of nitrogens with zero attached hydrogens (tertiary/aromatic N) is 1. The molecule has 0 saturated carbocycles. The zero-order valence-electron chi connectivity index (χ0n) is 15.0. The highest BCUT2D eigenvalue weighted by Gasteiger charge is 2.28. The first-order valence-corrected chi connectivity index (χ1v) is 9.32. The fourth-order valence-corrected chi connectivity index (χ4v) is 3.81. The van der Waals surface area contributed by atoms with Crippen molar-refractivity contribution < 1.29 is 14.6 Å². The minimum Gasteiger partial charge on any atom is -0.389 e. The molecule has 4 nitrogen and oxygen atoms in total. The van der Waals surface area contributed by atoms with Crippen LogP contribution in [0.4, 0.5) is 0 Å². The second kappa shape index (κ2) is 8.43. The van der Waals surface area contributed by atoms with Crippen LogP contribution >= 0.6 is 0 Å². The summed E-state index contributed by atoms with van der Waals surface area (Å²) in [5.74, 6) is 0. The Balaban J connectivity index is 1.52. The molecule has 4 heteroatoms. The van der Waals surface area contributed by atoms with Crippen molar-refractivity contribution in [2.45, 2.75) is 57.8 Å². The van der Waals surface area contributed by atoms with Crippen molar-refractivity contribution in [3.63, 3.8) is 0 Å². The van der Waals surface area contributed by atoms with Gasteiger partial charge in [0.25, 0.3) is 0 Å². The summed E-state index contributed by atoms with van der Waals surface area (Å²) in [6.07, 6.45) is 4.10. The summed E-state index contributed by atoms with van der Waals surface area (Å²) in [5.41, 5.74) is 4.07. The second-order valence-corrected chi connectivity index (χ2v) is 7.30. The zero-order valence-corrected chi connectivity index (χ0v) is 15.0. The van der Waals surface area contributed by atoms with Gasteiger partial charge in [-0.3, -0.25) is 4.90 Å². The van der Waals surface area contributed by atoms with Gasteiger partial charge < -0.3 is 14.6 Å². The average Bonchev–Trinajstić information content (AvgIpc) is 3.04. The number of aryl methyl sites for hydroxylation is 2. The summed E-state index contributed by atoms with van der Waals surface area (Å²) in [5, 5.41) is 10.4. The van der Waals surface area contributed by atoms with E-state index in [1.165, 1.54) is 29.5 Å². The fraction of sp³-hybridized carbons (Fsp3) is 0.700. The Morgan fingerprint density at radius 1 is 1.21 bits per heavy atom. The normalized spacial score (nSPS) is 24.4. The van der Waals surface area contributed by atoms with Crippen LogP contribution in [0.5, 0.6) is 0 Å². The number of rotatable bonds is 6. The van der Waals surface area contributed by atoms with Crippen molar-refractivity contribution >= 4 is 0 Å². The maximum atomic E-state index is 10.4. The van der Waals surface area contributed by atoms with Crippen molar-refractivity contribution in [2.24, 2.45) is 0 Å². The minimum absolute atomic E-state index is 0.252. The van der Waals surface area contributed by atoms with Gasteiger partial charge in [-0.2, -0.15) is 0 Å². The standard InChI is InChI=1S/C20H31NO3/c1-15-5-6-17(12-16(15)2)20-4-3-9-21(20)13-18(22)14-24-19-7-10-23-11-8-19/h5-6,12,18-20,22H,3-4,7-11,13-14H2,1-2H3. The van der Waals surface area contributed by atoms with Gasteiger partial charge in [0.05, 0.1) is 18.8 Å². The number of hydrogen-bond donors (Lipinski definition) is 1. The molecular formula is C20H31NO3. The smallest absolute Gasteiger partial charge is 0.0900 e. The van der Waals surface area contributed by atoms with E-state index in [9.17, 15) is 5.11 Å². The van der Waals surface area contributed by atoms with Crippen LogP contribution in [0.1, 0.15) is 48.4 Å². The molecule has 2 fully saturated rings. The molecule has 0 aromatic heterocycles. The summed E-state index contributed by atoms with van der Waals surface area (Å²) in [6.45, 7) is 8.08. The first-order valence-electron chi connectivity index (χ1n) is 9.32. The molecule has 0 aliphatic carbocycles. The van der Waals surface area contributed by atoms with Gasteiger partial charge in [-0.25, -0.2) is 0 Å². The molecule has 2 aliphatic heterocycles. The van der Waals surface area contributed by atoms with Crippen LogP contribution in [0.3, 0.4) is 0 Å². The van der Waals surface area contributed by atoms with E-state index >= 15 is 0 Å². The van der Waals surface area contributed by atoms with Gasteiger partial charge in [0.1, 0.15) is 0 Å². The fourth-order valence-electron chi connectivity index (χ4n) is 3.81. The Kier molecular flexibility index (Phi) is 6.28. The summed E-state index contributed by atoms with van der Waals surface area (Å²) >= 11 is 0. The van der Waals surface area contributed by atoms with Crippen LogP contribution in [0.25, 0.3) is 0 Å². The minimum atomic E-state index is -0.417. The lowest BCUT2D eigenvalue weighted by molar-refractivity contribution is -0.0647. The van der Waals surface area contributed by atoms with Crippen LogP contribution in [0, 0.1) is 13.8 Å². The SMILES string of the molecule is Cc1ccc(C2CCCN2CC(O)COC2CCOCC2)cc1C. The van der Waals surface area contributed by atoms with Gasteiger partial charge >= 0.3 is 0 Å². The van der Waals surface area contributed by atoms with Crippen LogP contribution in [-0.4, -0.2) is 55.1 Å². The summed E-state index contributed by atoms with van der Waals surface area (Å²) in [6, 6.07) is 7.20. The Morgan fingerprint density at radius 2 is 2.00 bits per heavy atom. The highest BCUT2D eigenvalue weighted by Crippen LogP contribution is 2.32. The van der Waals surface area contributed by atoms with Crippen LogP contribution in [0.15, 0.2) is 18.2 Å². The quantitative estimate of drug-likeness (QED) is 0.869. The zero-order chi connectivity index (χ0) is 16.9. The Labute approximate surface area is 145 Å². The number of β-amino-alcohol motifs (C(OH)–C–C–N with tert-alkyl or cyclic N) is 1. The lowest BCUT2D eigenvalue weighted by Gasteiger charge is -2.29. The van der Waals surface area contributed by atoms with Crippen LogP contribution in [-0.2, 0) is 9.47 Å². The van der Waals surface area contributed by atoms with Gasteiger partial charge in [0.15, 0.2) is 0 Å². The van der Waals surface area contributed by atoms with Gasteiger partial charge in [-0.1, -0.05) is 18.2 Å². The summed E-state index contributed by atoms with van der Waals surface area (Å²) < 4.78 is 11.2. The molecule has 2 unspecified atom stereocenters. The third-order valence-electron chi connectivity index (χ3n) is 5.42. The van der Waals surface area contributed by atoms with Crippen molar-refractivity contribution in [3.05, 3.63) is 34.9 Å². The number of aliphatic hydroxyl groups excluding tert-OH is 1. The number of aliphatic hydroxyl groups is 1. The highest BCUT2D eigenvalue weighted by atomic mass is 16.5. The lowest BCUT2D eigenvalue weighted by Crippen LogP contribution is -2.36. The third kappa shape index (κ3) is 4.57. The molecule has 0 bridgehead atoms. The summed E-state index contributed by atoms with van der Waals surface area (Å²) in [7, 11) is 0. The number of benzene rings is 1. The molecule has 1 N–H and O–H groups in total. The van der Waals surface area contributed by atoms with E-state index in [0.717, 1.165) is 32.6 Å². The molecule has 3 rings (SSSR count).